The Morgan fingerprint density at radius 2 is 2.09 bits per heavy atom. The Morgan fingerprint density at radius 1 is 1.39 bits per heavy atom. The number of rotatable bonds is 5. The van der Waals surface area contributed by atoms with Gasteiger partial charge in [-0.2, -0.15) is 0 Å². The quantitative estimate of drug-likeness (QED) is 0.650. The van der Waals surface area contributed by atoms with E-state index in [1.165, 1.54) is 27.8 Å². The van der Waals surface area contributed by atoms with Crippen LogP contribution in [0, 0.1) is 13.8 Å². The van der Waals surface area contributed by atoms with E-state index in [0.717, 1.165) is 5.56 Å². The van der Waals surface area contributed by atoms with Crippen LogP contribution in [0.4, 0.5) is 0 Å². The third-order valence-electron chi connectivity index (χ3n) is 3.88. The highest BCUT2D eigenvalue weighted by Gasteiger charge is 2.32. The van der Waals surface area contributed by atoms with E-state index in [1.54, 1.807) is 0 Å². The fourth-order valence-corrected chi connectivity index (χ4v) is 3.67. The van der Waals surface area contributed by atoms with E-state index in [0.29, 0.717) is 9.23 Å². The number of amides is 1. The van der Waals surface area contributed by atoms with Crippen molar-refractivity contribution in [3.8, 4) is 0 Å². The van der Waals surface area contributed by atoms with E-state index in [-0.39, 0.29) is 24.8 Å². The number of nitrogens with zero attached hydrogens (tertiary/aromatic N) is 1. The van der Waals surface area contributed by atoms with E-state index in [1.807, 2.05) is 13.0 Å². The lowest BCUT2D eigenvalue weighted by atomic mass is 9.96. The van der Waals surface area contributed by atoms with E-state index in [9.17, 15) is 9.59 Å². The molecule has 0 bridgehead atoms. The smallest absolute Gasteiger partial charge is 0.305 e. The summed E-state index contributed by atoms with van der Waals surface area (Å²) in [6, 6.07) is 6.27. The van der Waals surface area contributed by atoms with Crippen LogP contribution >= 0.6 is 24.0 Å². The van der Waals surface area contributed by atoms with Crippen molar-refractivity contribution in [2.24, 2.45) is 0 Å². The van der Waals surface area contributed by atoms with Gasteiger partial charge in [0.05, 0.1) is 11.3 Å². The minimum absolute atomic E-state index is 0.0861. The molecule has 1 aliphatic rings. The SMILES string of the molecule is Cc1ccc(C(C)/C=C2/SC(=S)N(CCC(=O)O)C2=O)cc1C. The van der Waals surface area contributed by atoms with Crippen LogP contribution in [-0.4, -0.2) is 32.7 Å². The molecule has 1 atom stereocenters. The summed E-state index contributed by atoms with van der Waals surface area (Å²) in [6.07, 6.45) is 1.80. The molecule has 2 rings (SSSR count). The molecule has 23 heavy (non-hydrogen) atoms. The lowest BCUT2D eigenvalue weighted by Crippen LogP contribution is -2.30. The Morgan fingerprint density at radius 3 is 2.70 bits per heavy atom. The molecule has 0 radical (unpaired) electrons. The summed E-state index contributed by atoms with van der Waals surface area (Å²) >= 11 is 6.43. The number of carboxylic acid groups (broad SMARTS) is 1. The van der Waals surface area contributed by atoms with Gasteiger partial charge in [-0.05, 0) is 30.5 Å². The lowest BCUT2D eigenvalue weighted by Gasteiger charge is -2.13. The molecule has 1 aromatic carbocycles. The second-order valence-electron chi connectivity index (χ2n) is 5.63. The first-order chi connectivity index (χ1) is 10.8. The normalized spacial score (nSPS) is 17.9. The van der Waals surface area contributed by atoms with Crippen molar-refractivity contribution in [3.05, 3.63) is 45.9 Å². The van der Waals surface area contributed by atoms with Crippen LogP contribution in [-0.2, 0) is 9.59 Å². The second-order valence-corrected chi connectivity index (χ2v) is 7.31. The number of hydrogen-bond acceptors (Lipinski definition) is 4. The average Bonchev–Trinajstić information content (AvgIpc) is 2.74. The number of carboxylic acids is 1. The molecule has 0 aliphatic carbocycles. The van der Waals surface area contributed by atoms with E-state index >= 15 is 0 Å². The van der Waals surface area contributed by atoms with Gasteiger partial charge >= 0.3 is 5.97 Å². The predicted molar refractivity (Wildman–Crippen MR) is 96.6 cm³/mol. The highest BCUT2D eigenvalue weighted by Crippen LogP contribution is 2.34. The molecule has 0 spiro atoms. The van der Waals surface area contributed by atoms with Gasteiger partial charge in [0.2, 0.25) is 0 Å². The van der Waals surface area contributed by atoms with Gasteiger partial charge in [0.15, 0.2) is 0 Å². The summed E-state index contributed by atoms with van der Waals surface area (Å²) in [5.41, 5.74) is 3.60. The number of allylic oxidation sites excluding steroid dienone is 1. The largest absolute Gasteiger partial charge is 0.481 e. The highest BCUT2D eigenvalue weighted by atomic mass is 32.2. The van der Waals surface area contributed by atoms with Crippen LogP contribution < -0.4 is 0 Å². The minimum atomic E-state index is -0.938. The number of benzene rings is 1. The maximum atomic E-state index is 12.4. The van der Waals surface area contributed by atoms with Gasteiger partial charge < -0.3 is 5.11 Å². The molecule has 1 amide bonds. The first kappa shape index (κ1) is 17.7. The molecule has 0 saturated carbocycles. The third kappa shape index (κ3) is 4.20. The Hall–Kier alpha value is -1.66. The minimum Gasteiger partial charge on any atom is -0.481 e. The molecule has 1 aromatic rings. The number of carbonyl (C=O) groups is 2. The van der Waals surface area contributed by atoms with Crippen molar-refractivity contribution < 1.29 is 14.7 Å². The topological polar surface area (TPSA) is 57.6 Å². The van der Waals surface area contributed by atoms with E-state index in [4.69, 9.17) is 17.3 Å². The van der Waals surface area contributed by atoms with Crippen LogP contribution in [0.25, 0.3) is 0 Å². The Kier molecular flexibility index (Phi) is 5.59. The van der Waals surface area contributed by atoms with E-state index in [2.05, 4.69) is 32.0 Å². The first-order valence-electron chi connectivity index (χ1n) is 7.34. The maximum absolute atomic E-state index is 12.4. The van der Waals surface area contributed by atoms with Crippen LogP contribution in [0.2, 0.25) is 0 Å². The van der Waals surface area contributed by atoms with Gasteiger partial charge in [-0.1, -0.05) is 55.2 Å². The molecular weight excluding hydrogens is 330 g/mol. The van der Waals surface area contributed by atoms with Crippen molar-refractivity contribution in [2.75, 3.05) is 6.54 Å². The van der Waals surface area contributed by atoms with Crippen molar-refractivity contribution in [1.82, 2.24) is 4.90 Å². The number of carbonyl (C=O) groups excluding carboxylic acids is 1. The van der Waals surface area contributed by atoms with Crippen molar-refractivity contribution in [3.63, 3.8) is 0 Å². The van der Waals surface area contributed by atoms with Gasteiger partial charge in [-0.3, -0.25) is 14.5 Å². The monoisotopic (exact) mass is 349 g/mol. The Labute approximate surface area is 145 Å². The van der Waals surface area contributed by atoms with E-state index < -0.39 is 5.97 Å². The zero-order valence-electron chi connectivity index (χ0n) is 13.3. The van der Waals surface area contributed by atoms with Gasteiger partial charge in [0, 0.05) is 12.5 Å². The van der Waals surface area contributed by atoms with Gasteiger partial charge in [-0.25, -0.2) is 0 Å². The van der Waals surface area contributed by atoms with Gasteiger partial charge in [0.25, 0.3) is 5.91 Å². The highest BCUT2D eigenvalue weighted by molar-refractivity contribution is 8.26. The molecule has 4 nitrogen and oxygen atoms in total. The molecule has 6 heteroatoms. The summed E-state index contributed by atoms with van der Waals surface area (Å²) in [5.74, 6) is -1.05. The van der Waals surface area contributed by atoms with Crippen molar-refractivity contribution >= 4 is 40.2 Å². The molecular formula is C17H19NO3S2. The molecule has 122 valence electrons. The number of thioether (sulfide) groups is 1. The fourth-order valence-electron chi connectivity index (χ4n) is 2.29. The van der Waals surface area contributed by atoms with Crippen molar-refractivity contribution in [2.45, 2.75) is 33.1 Å². The van der Waals surface area contributed by atoms with Crippen LogP contribution in [0.3, 0.4) is 0 Å². The molecule has 0 aromatic heterocycles. The predicted octanol–water partition coefficient (Wildman–Crippen LogP) is 3.63. The third-order valence-corrected chi connectivity index (χ3v) is 5.28. The first-order valence-corrected chi connectivity index (χ1v) is 8.56. The number of aliphatic carboxylic acids is 1. The Bertz CT molecular complexity index is 697. The Balaban J connectivity index is 2.15. The summed E-state index contributed by atoms with van der Waals surface area (Å²) in [6.45, 7) is 6.29. The molecule has 1 aliphatic heterocycles. The lowest BCUT2D eigenvalue weighted by molar-refractivity contribution is -0.137. The fraction of sp³-hybridized carbons (Fsp3) is 0.353. The van der Waals surface area contributed by atoms with Gasteiger partial charge in [-0.15, -0.1) is 0 Å². The molecule has 1 fully saturated rings. The van der Waals surface area contributed by atoms with Crippen LogP contribution in [0.1, 0.15) is 36.0 Å². The molecule has 1 unspecified atom stereocenters. The number of thiocarbonyl (C=S) groups is 1. The van der Waals surface area contributed by atoms with Gasteiger partial charge in [0.1, 0.15) is 4.32 Å². The van der Waals surface area contributed by atoms with Crippen LogP contribution in [0.15, 0.2) is 29.2 Å². The van der Waals surface area contributed by atoms with Crippen molar-refractivity contribution in [1.29, 1.82) is 0 Å². The molecule has 1 heterocycles. The maximum Gasteiger partial charge on any atom is 0.305 e. The zero-order chi connectivity index (χ0) is 17.1. The van der Waals surface area contributed by atoms with Crippen LogP contribution in [0.5, 0.6) is 0 Å². The standard InChI is InChI=1S/C17H19NO3S2/c1-10-4-5-13(8-11(10)2)12(3)9-14-16(21)18(17(22)23-14)7-6-15(19)20/h4-5,8-9,12H,6-7H2,1-3H3,(H,19,20)/b14-9+. The number of hydrogen-bond donors (Lipinski definition) is 1. The number of aryl methyl sites for hydroxylation is 2. The summed E-state index contributed by atoms with van der Waals surface area (Å²) in [7, 11) is 0. The summed E-state index contributed by atoms with van der Waals surface area (Å²) in [5, 5.41) is 8.75. The molecule has 1 saturated heterocycles. The summed E-state index contributed by atoms with van der Waals surface area (Å²) < 4.78 is 0.426. The summed E-state index contributed by atoms with van der Waals surface area (Å²) in [4.78, 5) is 25.0. The molecule has 1 N–H and O–H groups in total. The zero-order valence-corrected chi connectivity index (χ0v) is 15.0. The average molecular weight is 349 g/mol. The second kappa shape index (κ2) is 7.27.